The van der Waals surface area contributed by atoms with E-state index in [4.69, 9.17) is 18.9 Å². The van der Waals surface area contributed by atoms with E-state index in [9.17, 15) is 9.90 Å². The fourth-order valence-corrected chi connectivity index (χ4v) is 11.6. The summed E-state index contributed by atoms with van der Waals surface area (Å²) in [4.78, 5) is 29.9. The second-order valence-electron chi connectivity index (χ2n) is 15.5. The van der Waals surface area contributed by atoms with Crippen LogP contribution in [0.1, 0.15) is 77.0 Å². The Kier molecular flexibility index (Phi) is 9.16. The monoisotopic (exact) mass is 668 g/mol. The van der Waals surface area contributed by atoms with Crippen LogP contribution >= 0.6 is 0 Å². The van der Waals surface area contributed by atoms with Gasteiger partial charge in [-0.15, -0.1) is 6.58 Å². The van der Waals surface area contributed by atoms with Crippen molar-refractivity contribution in [2.45, 2.75) is 78.3 Å². The van der Waals surface area contributed by atoms with Gasteiger partial charge in [-0.05, 0) is 73.3 Å². The molecule has 5 aliphatic rings. The number of hydrogen-bond acceptors (Lipinski definition) is 7. The Morgan fingerprint density at radius 1 is 1.00 bits per heavy atom. The molecule has 4 bridgehead atoms. The predicted molar refractivity (Wildman–Crippen MR) is 186 cm³/mol. The molecular formula is C42H52O7. The molecule has 49 heavy (non-hydrogen) atoms. The highest BCUT2D eigenvalue weighted by molar-refractivity contribution is 5.87. The molecule has 0 amide bonds. The molecule has 0 radical (unpaired) electrons. The summed E-state index contributed by atoms with van der Waals surface area (Å²) in [6.45, 7) is 13.4. The zero-order chi connectivity index (χ0) is 34.6. The molecule has 0 aromatic heterocycles. The molecule has 4 fully saturated rings. The van der Waals surface area contributed by atoms with Gasteiger partial charge in [0.05, 0.1) is 31.8 Å². The molecule has 1 heterocycles. The minimum Gasteiger partial charge on any atom is -0.466 e. The van der Waals surface area contributed by atoms with Crippen LogP contribution in [0.4, 0.5) is 0 Å². The molecule has 7 nitrogen and oxygen atoms in total. The van der Waals surface area contributed by atoms with E-state index in [-0.39, 0.29) is 42.7 Å². The summed E-state index contributed by atoms with van der Waals surface area (Å²) in [6.07, 6.45) is 4.88. The lowest BCUT2D eigenvalue weighted by Gasteiger charge is -2.63. The van der Waals surface area contributed by atoms with Gasteiger partial charge >= 0.3 is 11.9 Å². The first-order valence-electron chi connectivity index (χ1n) is 18.4. The molecule has 3 saturated carbocycles. The maximum absolute atomic E-state index is 16.1. The van der Waals surface area contributed by atoms with Crippen molar-refractivity contribution < 1.29 is 33.6 Å². The van der Waals surface area contributed by atoms with Gasteiger partial charge in [0, 0.05) is 10.8 Å². The van der Waals surface area contributed by atoms with Crippen LogP contribution in [0.3, 0.4) is 0 Å². The van der Waals surface area contributed by atoms with Crippen molar-refractivity contribution in [1.82, 2.24) is 0 Å². The van der Waals surface area contributed by atoms with Crippen LogP contribution in [-0.4, -0.2) is 49.3 Å². The zero-order valence-electron chi connectivity index (χ0n) is 29.4. The number of aliphatic hydroxyl groups is 1. The number of carbonyl (C=O) groups excluding carboxylic acids is 2. The summed E-state index contributed by atoms with van der Waals surface area (Å²) in [5.41, 5.74) is -0.438. The molecule has 1 aliphatic heterocycles. The first kappa shape index (κ1) is 34.2. The predicted octanol–water partition coefficient (Wildman–Crippen LogP) is 7.45. The van der Waals surface area contributed by atoms with E-state index < -0.39 is 46.6 Å². The summed E-state index contributed by atoms with van der Waals surface area (Å²) in [5, 5.41) is 13.1. The third kappa shape index (κ3) is 4.78. The zero-order valence-corrected chi connectivity index (χ0v) is 29.4. The number of hydrogen-bond donors (Lipinski definition) is 1. The first-order chi connectivity index (χ1) is 23.7. The molecule has 2 aromatic carbocycles. The number of carbonyl (C=O) groups is 2. The van der Waals surface area contributed by atoms with E-state index in [1.54, 1.807) is 13.0 Å². The van der Waals surface area contributed by atoms with Gasteiger partial charge in [0.1, 0.15) is 5.41 Å². The van der Waals surface area contributed by atoms with Crippen molar-refractivity contribution in [2.24, 2.45) is 51.8 Å². The van der Waals surface area contributed by atoms with Crippen LogP contribution in [0.15, 0.2) is 85.0 Å². The van der Waals surface area contributed by atoms with Crippen molar-refractivity contribution >= 4 is 11.9 Å². The van der Waals surface area contributed by atoms with Gasteiger partial charge in [0.25, 0.3) is 0 Å². The molecule has 1 saturated heterocycles. The van der Waals surface area contributed by atoms with Crippen molar-refractivity contribution in [3.8, 4) is 0 Å². The van der Waals surface area contributed by atoms with Crippen LogP contribution in [0.25, 0.3) is 0 Å². The number of benzene rings is 2. The third-order valence-corrected chi connectivity index (χ3v) is 13.2. The molecule has 4 aliphatic carbocycles. The molecule has 7 heteroatoms. The molecular weight excluding hydrogens is 616 g/mol. The Labute approximate surface area is 291 Å². The Balaban J connectivity index is 1.49. The summed E-state index contributed by atoms with van der Waals surface area (Å²) in [5.74, 6) is -1.20. The average Bonchev–Trinajstić information content (AvgIpc) is 3.88. The van der Waals surface area contributed by atoms with Crippen LogP contribution in [0, 0.1) is 51.8 Å². The van der Waals surface area contributed by atoms with Crippen LogP contribution in [-0.2, 0) is 28.5 Å². The fraction of sp³-hybridized carbons (Fsp3) is 0.571. The highest BCUT2D eigenvalue weighted by Gasteiger charge is 2.88. The maximum Gasteiger partial charge on any atom is 0.318 e. The Bertz CT molecular complexity index is 1520. The lowest BCUT2D eigenvalue weighted by molar-refractivity contribution is -0.258. The van der Waals surface area contributed by atoms with Gasteiger partial charge in [0.15, 0.2) is 12.4 Å². The van der Waals surface area contributed by atoms with Gasteiger partial charge in [-0.1, -0.05) is 106 Å². The number of ether oxygens (including phenoxy) is 4. The fourth-order valence-electron chi connectivity index (χ4n) is 11.6. The summed E-state index contributed by atoms with van der Waals surface area (Å²) in [7, 11) is 0. The van der Waals surface area contributed by atoms with Crippen molar-refractivity contribution in [3.63, 3.8) is 0 Å². The highest BCUT2D eigenvalue weighted by Crippen LogP contribution is 2.85. The minimum absolute atomic E-state index is 0.0343. The average molecular weight is 669 g/mol. The van der Waals surface area contributed by atoms with Crippen molar-refractivity contribution in [3.05, 3.63) is 96.1 Å². The normalized spacial score (nSPS) is 34.5. The maximum atomic E-state index is 16.1. The second kappa shape index (κ2) is 13.1. The molecule has 6 unspecified atom stereocenters. The summed E-state index contributed by atoms with van der Waals surface area (Å²) >= 11 is 0. The van der Waals surface area contributed by atoms with E-state index >= 15 is 4.79 Å². The smallest absolute Gasteiger partial charge is 0.318 e. The molecule has 7 rings (SSSR count). The van der Waals surface area contributed by atoms with Crippen molar-refractivity contribution in [2.75, 3.05) is 19.8 Å². The summed E-state index contributed by atoms with van der Waals surface area (Å²) < 4.78 is 25.7. The number of aliphatic hydroxyl groups excluding tert-OH is 1. The molecule has 2 aromatic rings. The van der Waals surface area contributed by atoms with Crippen molar-refractivity contribution in [1.29, 1.82) is 0 Å². The van der Waals surface area contributed by atoms with E-state index in [0.29, 0.717) is 32.0 Å². The SMILES string of the molecule is C=CCC(C(=O)OCC)C(O)C12C[C@@H]3[C@H](C)CC[C@H]3C3(C4OCCO4)CC1C=C(C(C)C)C23C(=O)OC(c1ccccc1)c1ccccc1. The van der Waals surface area contributed by atoms with Crippen LogP contribution in [0.5, 0.6) is 0 Å². The van der Waals surface area contributed by atoms with Gasteiger partial charge in [0.2, 0.25) is 0 Å². The van der Waals surface area contributed by atoms with E-state index in [1.165, 1.54) is 0 Å². The lowest BCUT2D eigenvalue weighted by atomic mass is 9.40. The quantitative estimate of drug-likeness (QED) is 0.186. The van der Waals surface area contributed by atoms with Crippen LogP contribution < -0.4 is 0 Å². The number of allylic oxidation sites excluding steroid dienone is 2. The number of rotatable bonds is 12. The van der Waals surface area contributed by atoms with Gasteiger partial charge in [-0.25, -0.2) is 0 Å². The topological polar surface area (TPSA) is 91.3 Å². The minimum atomic E-state index is -1.31. The Morgan fingerprint density at radius 3 is 2.20 bits per heavy atom. The number of fused-ring (bicyclic) bond motifs is 2. The Morgan fingerprint density at radius 2 is 1.63 bits per heavy atom. The van der Waals surface area contributed by atoms with E-state index in [1.807, 2.05) is 60.7 Å². The molecule has 0 spiro atoms. The van der Waals surface area contributed by atoms with Gasteiger partial charge < -0.3 is 24.1 Å². The highest BCUT2D eigenvalue weighted by atomic mass is 16.7. The second-order valence-corrected chi connectivity index (χ2v) is 15.5. The molecule has 1 N–H and O–H groups in total. The standard InChI is InChI=1S/C42H52O7/c1-6-14-31(37(44)46-7-2)36(43)40-25-32-27(5)19-20-33(32)41(39-47-21-22-48-39)24-30(40)23-34(26(3)4)42(40,41)38(45)49-35(28-15-10-8-11-16-28)29-17-12-9-13-18-29/h6,8-13,15-18,23,26-27,30-33,35-36,39,43H,1,7,14,19-22,24-25H2,2-5H3/t27-,30?,31?,32-,33-,36?,40?,41?,42?/m1/s1. The third-order valence-electron chi connectivity index (χ3n) is 13.2. The summed E-state index contributed by atoms with van der Waals surface area (Å²) in [6, 6.07) is 19.7. The first-order valence-corrected chi connectivity index (χ1v) is 18.4. The van der Waals surface area contributed by atoms with E-state index in [2.05, 4.69) is 33.4 Å². The molecule has 9 atom stereocenters. The van der Waals surface area contributed by atoms with Gasteiger partial charge in [-0.3, -0.25) is 9.59 Å². The lowest BCUT2D eigenvalue weighted by Crippen LogP contribution is -2.69. The number of esters is 2. The van der Waals surface area contributed by atoms with Gasteiger partial charge in [-0.2, -0.15) is 0 Å². The largest absolute Gasteiger partial charge is 0.466 e. The van der Waals surface area contributed by atoms with Crippen LogP contribution in [0.2, 0.25) is 0 Å². The Hall–Kier alpha value is -3.26. The molecule has 262 valence electrons. The van der Waals surface area contributed by atoms with E-state index in [0.717, 1.165) is 29.5 Å².